The van der Waals surface area contributed by atoms with E-state index in [9.17, 15) is 9.59 Å². The fourth-order valence-electron chi connectivity index (χ4n) is 3.29. The fraction of sp³-hybridized carbons (Fsp3) is 0.364. The van der Waals surface area contributed by atoms with Gasteiger partial charge in [-0.3, -0.25) is 4.79 Å². The van der Waals surface area contributed by atoms with Crippen molar-refractivity contribution in [2.75, 3.05) is 13.2 Å². The van der Waals surface area contributed by atoms with Crippen molar-refractivity contribution in [3.63, 3.8) is 0 Å². The number of esters is 1. The lowest BCUT2D eigenvalue weighted by Crippen LogP contribution is -2.31. The number of amides is 1. The van der Waals surface area contributed by atoms with Crippen LogP contribution >= 0.6 is 0 Å². The van der Waals surface area contributed by atoms with Gasteiger partial charge in [-0.1, -0.05) is 43.3 Å². The van der Waals surface area contributed by atoms with E-state index in [4.69, 9.17) is 4.74 Å². The van der Waals surface area contributed by atoms with Crippen molar-refractivity contribution < 1.29 is 14.3 Å². The number of hydrogen-bond acceptors (Lipinski definition) is 3. The van der Waals surface area contributed by atoms with E-state index in [1.807, 2.05) is 42.5 Å². The fourth-order valence-corrected chi connectivity index (χ4v) is 3.29. The lowest BCUT2D eigenvalue weighted by molar-refractivity contribution is -0.124. The van der Waals surface area contributed by atoms with Gasteiger partial charge in [0.2, 0.25) is 0 Å². The number of nitrogens with one attached hydrogen (secondary N) is 1. The SMILES string of the molecule is C[C@H](CNC(=O)COC(=O)c1ccc2c(c1)CCCC2)c1ccccc1. The first-order valence-corrected chi connectivity index (χ1v) is 9.24. The molecule has 26 heavy (non-hydrogen) atoms. The standard InChI is InChI=1S/C22H25NO3/c1-16(17-7-3-2-4-8-17)14-23-21(24)15-26-22(25)20-12-11-18-9-5-6-10-19(18)13-20/h2-4,7-8,11-13,16H,5-6,9-10,14-15H2,1H3,(H,23,24)/t16-/m1/s1. The molecular formula is C22H25NO3. The van der Waals surface area contributed by atoms with Crippen LogP contribution in [0.3, 0.4) is 0 Å². The maximum Gasteiger partial charge on any atom is 0.338 e. The van der Waals surface area contributed by atoms with E-state index >= 15 is 0 Å². The maximum atomic E-state index is 12.2. The second-order valence-corrected chi connectivity index (χ2v) is 6.88. The largest absolute Gasteiger partial charge is 0.452 e. The van der Waals surface area contributed by atoms with Crippen LogP contribution in [0.2, 0.25) is 0 Å². The van der Waals surface area contributed by atoms with Gasteiger partial charge in [0, 0.05) is 6.54 Å². The molecule has 0 aliphatic heterocycles. The van der Waals surface area contributed by atoms with Gasteiger partial charge < -0.3 is 10.1 Å². The molecule has 4 nitrogen and oxygen atoms in total. The van der Waals surface area contributed by atoms with E-state index < -0.39 is 5.97 Å². The quantitative estimate of drug-likeness (QED) is 0.809. The maximum absolute atomic E-state index is 12.2. The van der Waals surface area contributed by atoms with Crippen LogP contribution in [0.25, 0.3) is 0 Å². The summed E-state index contributed by atoms with van der Waals surface area (Å²) in [6, 6.07) is 15.7. The number of aryl methyl sites for hydroxylation is 2. The molecule has 0 saturated carbocycles. The Bertz CT molecular complexity index is 770. The summed E-state index contributed by atoms with van der Waals surface area (Å²) in [5.74, 6) is -0.514. The number of ether oxygens (including phenoxy) is 1. The third kappa shape index (κ3) is 4.72. The average molecular weight is 351 g/mol. The Morgan fingerprint density at radius 1 is 1.04 bits per heavy atom. The zero-order valence-electron chi connectivity index (χ0n) is 15.2. The molecule has 1 N–H and O–H groups in total. The Balaban J connectivity index is 1.46. The molecule has 0 unspecified atom stereocenters. The van der Waals surface area contributed by atoms with Crippen LogP contribution in [-0.2, 0) is 22.4 Å². The molecule has 4 heteroatoms. The van der Waals surface area contributed by atoms with Crippen LogP contribution in [-0.4, -0.2) is 25.0 Å². The number of benzene rings is 2. The van der Waals surface area contributed by atoms with Crippen molar-refractivity contribution in [2.24, 2.45) is 0 Å². The van der Waals surface area contributed by atoms with Crippen LogP contribution in [0.15, 0.2) is 48.5 Å². The molecule has 3 rings (SSSR count). The first kappa shape index (κ1) is 18.2. The molecule has 0 fully saturated rings. The number of carbonyl (C=O) groups excluding carboxylic acids is 2. The summed E-state index contributed by atoms with van der Waals surface area (Å²) in [5.41, 5.74) is 4.24. The van der Waals surface area contributed by atoms with Gasteiger partial charge in [-0.2, -0.15) is 0 Å². The van der Waals surface area contributed by atoms with Gasteiger partial charge in [0.05, 0.1) is 5.56 Å². The van der Waals surface area contributed by atoms with E-state index in [-0.39, 0.29) is 18.4 Å². The molecule has 1 aliphatic carbocycles. The summed E-state index contributed by atoms with van der Waals surface area (Å²) in [6.07, 6.45) is 4.45. The second-order valence-electron chi connectivity index (χ2n) is 6.88. The summed E-state index contributed by atoms with van der Waals surface area (Å²) in [7, 11) is 0. The van der Waals surface area contributed by atoms with Gasteiger partial charge in [0.25, 0.3) is 5.91 Å². The van der Waals surface area contributed by atoms with Gasteiger partial charge in [0.1, 0.15) is 0 Å². The molecule has 0 heterocycles. The molecule has 0 radical (unpaired) electrons. The van der Waals surface area contributed by atoms with Crippen LogP contribution in [0.1, 0.15) is 52.7 Å². The molecule has 2 aromatic rings. The predicted octanol–water partition coefficient (Wildman–Crippen LogP) is 3.64. The summed E-state index contributed by atoms with van der Waals surface area (Å²) >= 11 is 0. The van der Waals surface area contributed by atoms with Gasteiger partial charge in [-0.25, -0.2) is 4.79 Å². The number of hydrogen-bond donors (Lipinski definition) is 1. The highest BCUT2D eigenvalue weighted by Crippen LogP contribution is 2.22. The van der Waals surface area contributed by atoms with E-state index in [1.54, 1.807) is 6.07 Å². The van der Waals surface area contributed by atoms with Gasteiger partial charge in [-0.15, -0.1) is 0 Å². The van der Waals surface area contributed by atoms with Crippen LogP contribution in [0.5, 0.6) is 0 Å². The summed E-state index contributed by atoms with van der Waals surface area (Å²) in [6.45, 7) is 2.31. The number of fused-ring (bicyclic) bond motifs is 1. The highest BCUT2D eigenvalue weighted by molar-refractivity contribution is 5.91. The monoisotopic (exact) mass is 351 g/mol. The average Bonchev–Trinajstić information content (AvgIpc) is 2.70. The van der Waals surface area contributed by atoms with Crippen molar-refractivity contribution in [2.45, 2.75) is 38.5 Å². The Morgan fingerprint density at radius 3 is 2.54 bits per heavy atom. The predicted molar refractivity (Wildman–Crippen MR) is 101 cm³/mol. The minimum atomic E-state index is -0.440. The zero-order valence-corrected chi connectivity index (χ0v) is 15.2. The summed E-state index contributed by atoms with van der Waals surface area (Å²) in [5, 5.41) is 2.82. The lowest BCUT2D eigenvalue weighted by atomic mass is 9.90. The minimum Gasteiger partial charge on any atom is -0.452 e. The summed E-state index contributed by atoms with van der Waals surface area (Å²) in [4.78, 5) is 24.2. The molecule has 2 aromatic carbocycles. The van der Waals surface area contributed by atoms with Gasteiger partial charge in [-0.05, 0) is 60.4 Å². The molecule has 0 saturated heterocycles. The van der Waals surface area contributed by atoms with Crippen LogP contribution < -0.4 is 5.32 Å². The Hall–Kier alpha value is -2.62. The first-order chi connectivity index (χ1) is 12.6. The second kappa shape index (κ2) is 8.65. The van der Waals surface area contributed by atoms with Crippen LogP contribution in [0, 0.1) is 0 Å². The lowest BCUT2D eigenvalue weighted by Gasteiger charge is -2.16. The minimum absolute atomic E-state index is 0.205. The molecule has 1 amide bonds. The zero-order chi connectivity index (χ0) is 18.4. The highest BCUT2D eigenvalue weighted by Gasteiger charge is 2.15. The van der Waals surface area contributed by atoms with Crippen molar-refractivity contribution in [1.82, 2.24) is 5.32 Å². The van der Waals surface area contributed by atoms with E-state index in [0.717, 1.165) is 19.3 Å². The smallest absolute Gasteiger partial charge is 0.338 e. The molecular weight excluding hydrogens is 326 g/mol. The summed E-state index contributed by atoms with van der Waals surface area (Å²) < 4.78 is 5.17. The molecule has 1 aliphatic rings. The molecule has 0 spiro atoms. The Kier molecular flexibility index (Phi) is 6.05. The molecule has 0 bridgehead atoms. The van der Waals surface area contributed by atoms with E-state index in [1.165, 1.54) is 23.1 Å². The van der Waals surface area contributed by atoms with Gasteiger partial charge >= 0.3 is 5.97 Å². The van der Waals surface area contributed by atoms with E-state index in [0.29, 0.717) is 12.1 Å². The van der Waals surface area contributed by atoms with Crippen molar-refractivity contribution >= 4 is 11.9 Å². The molecule has 136 valence electrons. The van der Waals surface area contributed by atoms with Crippen molar-refractivity contribution in [3.05, 3.63) is 70.8 Å². The third-order valence-electron chi connectivity index (χ3n) is 4.89. The molecule has 1 atom stereocenters. The van der Waals surface area contributed by atoms with Crippen molar-refractivity contribution in [3.8, 4) is 0 Å². The normalized spacial score (nSPS) is 14.2. The third-order valence-corrected chi connectivity index (χ3v) is 4.89. The number of rotatable bonds is 6. The van der Waals surface area contributed by atoms with E-state index in [2.05, 4.69) is 12.2 Å². The Labute approximate surface area is 154 Å². The topological polar surface area (TPSA) is 55.4 Å². The highest BCUT2D eigenvalue weighted by atomic mass is 16.5. The Morgan fingerprint density at radius 2 is 1.77 bits per heavy atom. The molecule has 0 aromatic heterocycles. The number of carbonyl (C=O) groups is 2. The van der Waals surface area contributed by atoms with Crippen molar-refractivity contribution in [1.29, 1.82) is 0 Å². The van der Waals surface area contributed by atoms with Gasteiger partial charge in [0.15, 0.2) is 6.61 Å². The first-order valence-electron chi connectivity index (χ1n) is 9.24. The van der Waals surface area contributed by atoms with Crippen LogP contribution in [0.4, 0.5) is 0 Å².